The Morgan fingerprint density at radius 1 is 1.35 bits per heavy atom. The molecule has 0 radical (unpaired) electrons. The number of nitrogens with zero attached hydrogens (tertiary/aromatic N) is 1. The molecule has 0 saturated heterocycles. The highest BCUT2D eigenvalue weighted by Crippen LogP contribution is 2.22. The highest BCUT2D eigenvalue weighted by molar-refractivity contribution is 5.70. The van der Waals surface area contributed by atoms with E-state index in [0.717, 1.165) is 0 Å². The molecule has 0 spiro atoms. The van der Waals surface area contributed by atoms with Crippen LogP contribution >= 0.6 is 0 Å². The van der Waals surface area contributed by atoms with E-state index in [2.05, 4.69) is 0 Å². The van der Waals surface area contributed by atoms with Crippen molar-refractivity contribution in [2.75, 3.05) is 0 Å². The van der Waals surface area contributed by atoms with Gasteiger partial charge in [-0.25, -0.2) is 0 Å². The van der Waals surface area contributed by atoms with Crippen molar-refractivity contribution >= 4 is 5.97 Å². The van der Waals surface area contributed by atoms with Crippen LogP contribution in [0.1, 0.15) is 38.9 Å². The van der Waals surface area contributed by atoms with Gasteiger partial charge in [0.2, 0.25) is 6.10 Å². The highest BCUT2D eigenvalue weighted by Gasteiger charge is 2.21. The molecule has 3 nitrogen and oxygen atoms in total. The fourth-order valence-corrected chi connectivity index (χ4v) is 1.40. The lowest BCUT2D eigenvalue weighted by Crippen LogP contribution is -2.17. The molecule has 1 aromatic rings. The highest BCUT2D eigenvalue weighted by atomic mass is 16.5. The van der Waals surface area contributed by atoms with Crippen LogP contribution in [0.5, 0.6) is 0 Å². The van der Waals surface area contributed by atoms with Crippen molar-refractivity contribution in [3.63, 3.8) is 0 Å². The van der Waals surface area contributed by atoms with Crippen LogP contribution in [0, 0.1) is 16.7 Å². The Morgan fingerprint density at radius 3 is 2.41 bits per heavy atom. The molecule has 17 heavy (non-hydrogen) atoms. The molecule has 0 amide bonds. The molecule has 1 atom stereocenters. The Kier molecular flexibility index (Phi) is 4.28. The summed E-state index contributed by atoms with van der Waals surface area (Å²) < 4.78 is 5.16. The molecule has 90 valence electrons. The molecule has 0 saturated carbocycles. The van der Waals surface area contributed by atoms with Gasteiger partial charge in [0.05, 0.1) is 6.42 Å². The summed E-state index contributed by atoms with van der Waals surface area (Å²) in [5.74, 6) is -0.340. The minimum Gasteiger partial charge on any atom is -0.442 e. The number of nitriles is 1. The molecule has 0 aliphatic heterocycles. The smallest absolute Gasteiger partial charge is 0.307 e. The summed E-state index contributed by atoms with van der Waals surface area (Å²) in [5, 5.41) is 9.00. The van der Waals surface area contributed by atoms with Crippen LogP contribution < -0.4 is 0 Å². The minimum atomic E-state index is -0.814. The first-order valence-corrected chi connectivity index (χ1v) is 5.56. The van der Waals surface area contributed by atoms with Crippen LogP contribution in [0.4, 0.5) is 0 Å². The zero-order valence-electron chi connectivity index (χ0n) is 10.4. The van der Waals surface area contributed by atoms with E-state index in [1.54, 1.807) is 12.1 Å². The summed E-state index contributed by atoms with van der Waals surface area (Å²) in [6.45, 7) is 5.87. The van der Waals surface area contributed by atoms with Gasteiger partial charge >= 0.3 is 5.97 Å². The van der Waals surface area contributed by atoms with Crippen LogP contribution in [-0.2, 0) is 9.53 Å². The van der Waals surface area contributed by atoms with Gasteiger partial charge in [-0.15, -0.1) is 0 Å². The lowest BCUT2D eigenvalue weighted by Gasteiger charge is -2.18. The molecular weight excluding hydrogens is 214 g/mol. The average molecular weight is 231 g/mol. The van der Waals surface area contributed by atoms with E-state index in [9.17, 15) is 4.79 Å². The number of carbonyl (C=O) groups excluding carboxylic acids is 1. The fraction of sp³-hybridized carbons (Fsp3) is 0.429. The first kappa shape index (κ1) is 13.2. The van der Waals surface area contributed by atoms with Gasteiger partial charge in [0.25, 0.3) is 0 Å². The van der Waals surface area contributed by atoms with Gasteiger partial charge < -0.3 is 4.74 Å². The second kappa shape index (κ2) is 5.49. The monoisotopic (exact) mass is 231 g/mol. The maximum absolute atomic E-state index is 11.6. The quantitative estimate of drug-likeness (QED) is 0.750. The van der Waals surface area contributed by atoms with E-state index in [1.807, 2.05) is 45.0 Å². The Balaban J connectivity index is 2.67. The molecule has 3 heteroatoms. The average Bonchev–Trinajstić information content (AvgIpc) is 2.24. The number of carbonyl (C=O) groups is 1. The van der Waals surface area contributed by atoms with Gasteiger partial charge in [-0.2, -0.15) is 5.26 Å². The van der Waals surface area contributed by atoms with Crippen molar-refractivity contribution in [3.8, 4) is 6.07 Å². The lowest BCUT2D eigenvalue weighted by molar-refractivity contribution is -0.149. The minimum absolute atomic E-state index is 0.131. The third-order valence-corrected chi connectivity index (χ3v) is 2.14. The van der Waals surface area contributed by atoms with Gasteiger partial charge in [-0.05, 0) is 5.41 Å². The largest absolute Gasteiger partial charge is 0.442 e. The zero-order chi connectivity index (χ0) is 12.9. The predicted octanol–water partition coefficient (Wildman–Crippen LogP) is 3.23. The Hall–Kier alpha value is -1.82. The summed E-state index contributed by atoms with van der Waals surface area (Å²) in [4.78, 5) is 11.6. The maximum Gasteiger partial charge on any atom is 0.307 e. The molecule has 0 heterocycles. The standard InChI is InChI=1S/C14H17NO2/c1-14(2,3)9-13(16)17-12(10-15)11-7-5-4-6-8-11/h4-8,12H,9H2,1-3H3. The summed E-state index contributed by atoms with van der Waals surface area (Å²) in [7, 11) is 0. The van der Waals surface area contributed by atoms with Crippen molar-refractivity contribution in [2.24, 2.45) is 5.41 Å². The van der Waals surface area contributed by atoms with Crippen LogP contribution in [0.15, 0.2) is 30.3 Å². The Morgan fingerprint density at radius 2 is 1.94 bits per heavy atom. The number of ether oxygens (including phenoxy) is 1. The van der Waals surface area contributed by atoms with Crippen molar-refractivity contribution in [1.29, 1.82) is 5.26 Å². The second-order valence-corrected chi connectivity index (χ2v) is 5.15. The van der Waals surface area contributed by atoms with E-state index in [4.69, 9.17) is 10.00 Å². The topological polar surface area (TPSA) is 50.1 Å². The van der Waals surface area contributed by atoms with Crippen LogP contribution in [0.2, 0.25) is 0 Å². The Labute approximate surface area is 102 Å². The molecule has 0 aromatic heterocycles. The molecule has 0 aliphatic rings. The second-order valence-electron chi connectivity index (χ2n) is 5.15. The Bertz CT molecular complexity index is 412. The molecule has 1 rings (SSSR count). The van der Waals surface area contributed by atoms with Crippen LogP contribution in [0.25, 0.3) is 0 Å². The number of hydrogen-bond donors (Lipinski definition) is 0. The number of rotatable bonds is 3. The number of hydrogen-bond acceptors (Lipinski definition) is 3. The predicted molar refractivity (Wildman–Crippen MR) is 65.0 cm³/mol. The van der Waals surface area contributed by atoms with Crippen molar-refractivity contribution in [1.82, 2.24) is 0 Å². The molecule has 0 N–H and O–H groups in total. The third-order valence-electron chi connectivity index (χ3n) is 2.14. The van der Waals surface area contributed by atoms with Crippen molar-refractivity contribution in [3.05, 3.63) is 35.9 Å². The first-order chi connectivity index (χ1) is 7.92. The van der Waals surface area contributed by atoms with Gasteiger partial charge in [0.15, 0.2) is 0 Å². The van der Waals surface area contributed by atoms with Gasteiger partial charge in [0, 0.05) is 5.56 Å². The molecule has 1 unspecified atom stereocenters. The summed E-state index contributed by atoms with van der Waals surface area (Å²) in [6.07, 6.45) is -0.510. The SMILES string of the molecule is CC(C)(C)CC(=O)OC(C#N)c1ccccc1. The summed E-state index contributed by atoms with van der Waals surface area (Å²) in [6, 6.07) is 11.0. The van der Waals surface area contributed by atoms with Crippen molar-refractivity contribution < 1.29 is 9.53 Å². The van der Waals surface area contributed by atoms with E-state index in [0.29, 0.717) is 12.0 Å². The molecule has 0 fully saturated rings. The maximum atomic E-state index is 11.6. The van der Waals surface area contributed by atoms with Gasteiger partial charge in [-0.3, -0.25) is 4.79 Å². The fourth-order valence-electron chi connectivity index (χ4n) is 1.40. The zero-order valence-corrected chi connectivity index (χ0v) is 10.4. The van der Waals surface area contributed by atoms with Crippen molar-refractivity contribution in [2.45, 2.75) is 33.3 Å². The summed E-state index contributed by atoms with van der Waals surface area (Å²) in [5.41, 5.74) is 0.575. The number of benzene rings is 1. The lowest BCUT2D eigenvalue weighted by atomic mass is 9.92. The van der Waals surface area contributed by atoms with Crippen LogP contribution in [0.3, 0.4) is 0 Å². The normalized spacial score (nSPS) is 12.6. The first-order valence-electron chi connectivity index (χ1n) is 5.56. The molecular formula is C14H17NO2. The summed E-state index contributed by atoms with van der Waals surface area (Å²) >= 11 is 0. The number of esters is 1. The molecule has 0 aliphatic carbocycles. The van der Waals surface area contributed by atoms with Crippen LogP contribution in [-0.4, -0.2) is 5.97 Å². The third kappa shape index (κ3) is 4.69. The van der Waals surface area contributed by atoms with Gasteiger partial charge in [-0.1, -0.05) is 51.1 Å². The van der Waals surface area contributed by atoms with E-state index < -0.39 is 6.10 Å². The molecule has 0 bridgehead atoms. The molecule has 1 aromatic carbocycles. The van der Waals surface area contributed by atoms with E-state index >= 15 is 0 Å². The van der Waals surface area contributed by atoms with Gasteiger partial charge in [0.1, 0.15) is 6.07 Å². The van der Waals surface area contributed by atoms with E-state index in [-0.39, 0.29) is 11.4 Å². The van der Waals surface area contributed by atoms with E-state index in [1.165, 1.54) is 0 Å².